The highest BCUT2D eigenvalue weighted by Gasteiger charge is 2.38. The normalized spacial score (nSPS) is 11.4. The van der Waals surface area contributed by atoms with E-state index in [0.717, 1.165) is 10.1 Å². The number of hydrogen-bond donors (Lipinski definition) is 2. The van der Waals surface area contributed by atoms with Crippen molar-refractivity contribution in [2.45, 2.75) is 52.1 Å². The summed E-state index contributed by atoms with van der Waals surface area (Å²) < 4.78 is 49.1. The number of ether oxygens (including phenoxy) is 2. The van der Waals surface area contributed by atoms with Gasteiger partial charge in [-0.05, 0) is 62.1 Å². The van der Waals surface area contributed by atoms with Crippen LogP contribution in [0.5, 0.6) is 0 Å². The maximum atomic E-state index is 13.1. The number of anilines is 2. The second kappa shape index (κ2) is 12.5. The van der Waals surface area contributed by atoms with E-state index in [-0.39, 0.29) is 24.4 Å². The number of benzene rings is 2. The third kappa shape index (κ3) is 9.29. The highest BCUT2D eigenvalue weighted by Crippen LogP contribution is 2.20. The number of carbonyl (C=O) groups is 3. The molecule has 0 unspecified atom stereocenters. The molecule has 1 aromatic heterocycles. The van der Waals surface area contributed by atoms with E-state index in [1.807, 2.05) is 6.07 Å². The third-order valence-corrected chi connectivity index (χ3v) is 5.19. The predicted octanol–water partition coefficient (Wildman–Crippen LogP) is 5.03. The summed E-state index contributed by atoms with van der Waals surface area (Å²) in [6.07, 6.45) is -4.31. The minimum atomic E-state index is -5.02. The first-order chi connectivity index (χ1) is 18.7. The molecule has 0 atom stereocenters. The van der Waals surface area contributed by atoms with Crippen molar-refractivity contribution in [3.63, 3.8) is 0 Å². The quantitative estimate of drug-likeness (QED) is 0.374. The largest absolute Gasteiger partial charge is 0.471 e. The first kappa shape index (κ1) is 29.9. The Morgan fingerprint density at radius 2 is 1.52 bits per heavy atom. The Labute approximate surface area is 227 Å². The van der Waals surface area contributed by atoms with Gasteiger partial charge in [0, 0.05) is 11.9 Å². The lowest BCUT2D eigenvalue weighted by Gasteiger charge is -2.20. The number of amides is 2. The number of carbonyl (C=O) groups excluding carboxylic acids is 3. The van der Waals surface area contributed by atoms with Gasteiger partial charge in [-0.3, -0.25) is 19.7 Å². The average molecular weight is 560 g/mol. The molecule has 0 saturated carbocycles. The number of aromatic nitrogens is 1. The summed E-state index contributed by atoms with van der Waals surface area (Å²) in [5.41, 5.74) is 0.195. The number of esters is 1. The van der Waals surface area contributed by atoms with Crippen molar-refractivity contribution >= 4 is 29.3 Å². The van der Waals surface area contributed by atoms with Crippen molar-refractivity contribution in [2.75, 3.05) is 10.6 Å². The second-order valence-corrected chi connectivity index (χ2v) is 9.79. The highest BCUT2D eigenvalue weighted by molar-refractivity contribution is 5.94. The molecule has 0 aliphatic rings. The fourth-order valence-corrected chi connectivity index (χ4v) is 3.53. The van der Waals surface area contributed by atoms with Crippen molar-refractivity contribution in [1.29, 1.82) is 0 Å². The number of halogens is 3. The van der Waals surface area contributed by atoms with Gasteiger partial charge in [0.2, 0.25) is 0 Å². The third-order valence-electron chi connectivity index (χ3n) is 5.19. The Kier molecular flexibility index (Phi) is 9.35. The van der Waals surface area contributed by atoms with Crippen LogP contribution in [0.3, 0.4) is 0 Å². The molecule has 0 radical (unpaired) electrons. The van der Waals surface area contributed by atoms with Gasteiger partial charge in [0.25, 0.3) is 5.56 Å². The smallest absolute Gasteiger partial charge is 0.459 e. The van der Waals surface area contributed by atoms with E-state index in [4.69, 9.17) is 9.47 Å². The highest BCUT2D eigenvalue weighted by atomic mass is 19.4. The summed E-state index contributed by atoms with van der Waals surface area (Å²) in [6.45, 7) is 4.58. The van der Waals surface area contributed by atoms with Crippen LogP contribution in [0.4, 0.5) is 29.3 Å². The first-order valence-corrected chi connectivity index (χ1v) is 12.1. The minimum absolute atomic E-state index is 0.0321. The number of pyridine rings is 1. The minimum Gasteiger partial charge on any atom is -0.459 e. The maximum Gasteiger partial charge on any atom is 0.471 e. The van der Waals surface area contributed by atoms with Gasteiger partial charge in [-0.25, -0.2) is 4.79 Å². The van der Waals surface area contributed by atoms with Gasteiger partial charge < -0.3 is 19.4 Å². The Hall–Kier alpha value is -4.61. The zero-order chi connectivity index (χ0) is 29.5. The summed E-state index contributed by atoms with van der Waals surface area (Å²) in [5.74, 6) is -2.77. The molecule has 1 heterocycles. The van der Waals surface area contributed by atoms with Gasteiger partial charge in [-0.2, -0.15) is 13.2 Å². The van der Waals surface area contributed by atoms with Crippen LogP contribution < -0.4 is 16.2 Å². The van der Waals surface area contributed by atoms with Gasteiger partial charge in [0.1, 0.15) is 24.4 Å². The molecule has 2 aromatic carbocycles. The molecule has 2 amide bonds. The molecule has 12 heteroatoms. The van der Waals surface area contributed by atoms with Crippen LogP contribution in [-0.4, -0.2) is 34.3 Å². The lowest BCUT2D eigenvalue weighted by molar-refractivity contribution is -0.167. The van der Waals surface area contributed by atoms with E-state index in [9.17, 15) is 32.3 Å². The van der Waals surface area contributed by atoms with Crippen LogP contribution in [0.25, 0.3) is 0 Å². The molecule has 3 aromatic rings. The molecule has 0 spiro atoms. The standard InChI is InChI=1S/C28H28F3N3O6/c1-27(2,3)40-23(35)16-34-15-20(13-18-9-11-21(12-10-18)32-25(37)28(29,30)31)14-22(24(34)36)33-26(38)39-17-19-7-5-4-6-8-19/h4-12,14-15H,13,16-17H2,1-3H3,(H,32,37)(H,33,38). The van der Waals surface area contributed by atoms with Gasteiger partial charge in [0.15, 0.2) is 0 Å². The number of alkyl halides is 3. The zero-order valence-corrected chi connectivity index (χ0v) is 22.0. The lowest BCUT2D eigenvalue weighted by atomic mass is 10.1. The Morgan fingerprint density at radius 1 is 0.875 bits per heavy atom. The van der Waals surface area contributed by atoms with Crippen LogP contribution in [-0.2, 0) is 38.6 Å². The first-order valence-electron chi connectivity index (χ1n) is 12.1. The maximum absolute atomic E-state index is 13.1. The van der Waals surface area contributed by atoms with E-state index < -0.39 is 41.9 Å². The molecule has 212 valence electrons. The van der Waals surface area contributed by atoms with Crippen LogP contribution in [0.15, 0.2) is 71.7 Å². The lowest BCUT2D eigenvalue weighted by Crippen LogP contribution is -2.32. The molecular weight excluding hydrogens is 531 g/mol. The topological polar surface area (TPSA) is 116 Å². The zero-order valence-electron chi connectivity index (χ0n) is 22.0. The van der Waals surface area contributed by atoms with Gasteiger partial charge in [-0.15, -0.1) is 0 Å². The summed E-state index contributed by atoms with van der Waals surface area (Å²) >= 11 is 0. The van der Waals surface area contributed by atoms with Crippen LogP contribution in [0, 0.1) is 0 Å². The van der Waals surface area contributed by atoms with Gasteiger partial charge >= 0.3 is 24.1 Å². The van der Waals surface area contributed by atoms with Crippen molar-refractivity contribution in [3.8, 4) is 0 Å². The fraction of sp³-hybridized carbons (Fsp3) is 0.286. The molecule has 0 aliphatic carbocycles. The van der Waals surface area contributed by atoms with Crippen molar-refractivity contribution < 1.29 is 37.0 Å². The predicted molar refractivity (Wildman–Crippen MR) is 141 cm³/mol. The Bertz CT molecular complexity index is 1410. The summed E-state index contributed by atoms with van der Waals surface area (Å²) in [6, 6.07) is 15.9. The fourth-order valence-electron chi connectivity index (χ4n) is 3.53. The van der Waals surface area contributed by atoms with Gasteiger partial charge in [0.05, 0.1) is 0 Å². The number of nitrogens with zero attached hydrogens (tertiary/aromatic N) is 1. The second-order valence-electron chi connectivity index (χ2n) is 9.79. The van der Waals surface area contributed by atoms with Gasteiger partial charge in [-0.1, -0.05) is 42.5 Å². The van der Waals surface area contributed by atoms with E-state index in [0.29, 0.717) is 11.1 Å². The molecular formula is C28H28F3N3O6. The van der Waals surface area contributed by atoms with E-state index >= 15 is 0 Å². The van der Waals surface area contributed by atoms with E-state index in [1.165, 1.54) is 36.5 Å². The van der Waals surface area contributed by atoms with E-state index in [2.05, 4.69) is 5.32 Å². The molecule has 0 saturated heterocycles. The summed E-state index contributed by atoms with van der Waals surface area (Å²) in [7, 11) is 0. The van der Waals surface area contributed by atoms with E-state index in [1.54, 1.807) is 50.4 Å². The van der Waals surface area contributed by atoms with Crippen LogP contribution in [0.1, 0.15) is 37.5 Å². The molecule has 0 fully saturated rings. The van der Waals surface area contributed by atoms with Crippen molar-refractivity contribution in [2.24, 2.45) is 0 Å². The molecule has 0 bridgehead atoms. The van der Waals surface area contributed by atoms with Crippen molar-refractivity contribution in [3.05, 3.63) is 93.9 Å². The SMILES string of the molecule is CC(C)(C)OC(=O)Cn1cc(Cc2ccc(NC(=O)C(F)(F)F)cc2)cc(NC(=O)OCc2ccccc2)c1=O. The molecule has 3 rings (SSSR count). The van der Waals surface area contributed by atoms with Crippen LogP contribution in [0.2, 0.25) is 0 Å². The molecule has 0 aliphatic heterocycles. The average Bonchev–Trinajstić information content (AvgIpc) is 2.85. The Balaban J connectivity index is 1.82. The van der Waals surface area contributed by atoms with Crippen molar-refractivity contribution in [1.82, 2.24) is 4.57 Å². The number of nitrogens with one attached hydrogen (secondary N) is 2. The number of hydrogen-bond acceptors (Lipinski definition) is 6. The Morgan fingerprint density at radius 3 is 2.12 bits per heavy atom. The monoisotopic (exact) mass is 559 g/mol. The summed E-state index contributed by atoms with van der Waals surface area (Å²) in [4.78, 5) is 49.1. The molecule has 9 nitrogen and oxygen atoms in total. The number of rotatable bonds is 8. The molecule has 2 N–H and O–H groups in total. The van der Waals surface area contributed by atoms with Crippen LogP contribution >= 0.6 is 0 Å². The summed E-state index contributed by atoms with van der Waals surface area (Å²) in [5, 5.41) is 4.17. The molecule has 40 heavy (non-hydrogen) atoms.